The number of aryl methyl sites for hydroxylation is 1. The van der Waals surface area contributed by atoms with E-state index in [4.69, 9.17) is 4.74 Å². The lowest BCUT2D eigenvalue weighted by Crippen LogP contribution is -2.42. The smallest absolute Gasteiger partial charge is 0.234 e. The third-order valence-corrected chi connectivity index (χ3v) is 4.08. The summed E-state index contributed by atoms with van der Waals surface area (Å²) >= 11 is 0. The average molecular weight is 328 g/mol. The van der Waals surface area contributed by atoms with Crippen molar-refractivity contribution in [2.45, 2.75) is 32.9 Å². The minimum atomic E-state index is 0.0362. The second kappa shape index (κ2) is 7.49. The van der Waals surface area contributed by atoms with Gasteiger partial charge in [0.15, 0.2) is 0 Å². The zero-order valence-corrected chi connectivity index (χ0v) is 14.2. The number of fused-ring (bicyclic) bond motifs is 1. The van der Waals surface area contributed by atoms with Gasteiger partial charge in [-0.1, -0.05) is 18.2 Å². The van der Waals surface area contributed by atoms with Crippen LogP contribution in [-0.4, -0.2) is 46.7 Å². The number of benzene rings is 1. The predicted octanol–water partition coefficient (Wildman–Crippen LogP) is 1.66. The van der Waals surface area contributed by atoms with E-state index in [-0.39, 0.29) is 11.9 Å². The lowest BCUT2D eigenvalue weighted by molar-refractivity contribution is -0.123. The van der Waals surface area contributed by atoms with Gasteiger partial charge >= 0.3 is 0 Å². The number of aromatic nitrogens is 2. The number of aromatic amines is 1. The number of hydrogen-bond acceptors (Lipinski definition) is 4. The Morgan fingerprint density at radius 3 is 3.08 bits per heavy atom. The van der Waals surface area contributed by atoms with Gasteiger partial charge in [-0.2, -0.15) is 5.10 Å². The standard InChI is InChI=1S/C18H24N4O2/c1-13(9-16-10-14(2)20-21-16)19-18(23)12-22-7-8-24-17-6-4-3-5-15(17)11-22/h3-6,10,13H,7-9,11-12H2,1-2H3,(H,19,23)(H,20,21)/t13-/m0/s1. The molecule has 0 fully saturated rings. The van der Waals surface area contributed by atoms with Gasteiger partial charge in [0, 0.05) is 36.8 Å². The highest BCUT2D eigenvalue weighted by molar-refractivity contribution is 5.78. The number of hydrogen-bond donors (Lipinski definition) is 2. The number of amides is 1. The fourth-order valence-electron chi connectivity index (χ4n) is 2.98. The van der Waals surface area contributed by atoms with E-state index in [0.717, 1.165) is 42.2 Å². The van der Waals surface area contributed by atoms with Crippen LogP contribution in [0.1, 0.15) is 23.9 Å². The van der Waals surface area contributed by atoms with E-state index in [2.05, 4.69) is 20.4 Å². The number of carbonyl (C=O) groups is 1. The monoisotopic (exact) mass is 328 g/mol. The number of H-pyrrole nitrogens is 1. The second-order valence-corrected chi connectivity index (χ2v) is 6.38. The van der Waals surface area contributed by atoms with Gasteiger partial charge in [0.25, 0.3) is 0 Å². The van der Waals surface area contributed by atoms with Crippen LogP contribution in [0.5, 0.6) is 5.75 Å². The maximum atomic E-state index is 12.3. The maximum Gasteiger partial charge on any atom is 0.234 e. The molecule has 0 spiro atoms. The van der Waals surface area contributed by atoms with Crippen LogP contribution in [0.25, 0.3) is 0 Å². The molecular weight excluding hydrogens is 304 g/mol. The normalized spacial score (nSPS) is 15.9. The largest absolute Gasteiger partial charge is 0.492 e. The Hall–Kier alpha value is -2.34. The van der Waals surface area contributed by atoms with Crippen LogP contribution in [0, 0.1) is 6.92 Å². The Morgan fingerprint density at radius 1 is 1.46 bits per heavy atom. The lowest BCUT2D eigenvalue weighted by Gasteiger charge is -2.20. The van der Waals surface area contributed by atoms with Crippen LogP contribution < -0.4 is 10.1 Å². The van der Waals surface area contributed by atoms with Crippen molar-refractivity contribution in [3.05, 3.63) is 47.3 Å². The molecule has 0 unspecified atom stereocenters. The van der Waals surface area contributed by atoms with Gasteiger partial charge in [0.05, 0.1) is 12.2 Å². The molecule has 0 aliphatic carbocycles. The molecule has 1 atom stereocenters. The highest BCUT2D eigenvalue weighted by Gasteiger charge is 2.18. The summed E-state index contributed by atoms with van der Waals surface area (Å²) in [6.45, 7) is 6.43. The van der Waals surface area contributed by atoms with Gasteiger partial charge in [0.1, 0.15) is 12.4 Å². The molecule has 128 valence electrons. The van der Waals surface area contributed by atoms with E-state index in [1.54, 1.807) is 0 Å². The number of para-hydroxylation sites is 1. The number of rotatable bonds is 5. The van der Waals surface area contributed by atoms with E-state index in [9.17, 15) is 4.79 Å². The molecule has 1 aromatic carbocycles. The summed E-state index contributed by atoms with van der Waals surface area (Å²) in [7, 11) is 0. The Balaban J connectivity index is 1.51. The molecule has 3 rings (SSSR count). The summed E-state index contributed by atoms with van der Waals surface area (Å²) in [5.74, 6) is 0.955. The van der Waals surface area contributed by atoms with Crippen molar-refractivity contribution in [1.29, 1.82) is 0 Å². The fourth-order valence-corrected chi connectivity index (χ4v) is 2.98. The molecule has 2 N–H and O–H groups in total. The van der Waals surface area contributed by atoms with Crippen molar-refractivity contribution in [2.75, 3.05) is 19.7 Å². The molecule has 0 saturated carbocycles. The Bertz CT molecular complexity index is 698. The maximum absolute atomic E-state index is 12.3. The Morgan fingerprint density at radius 2 is 2.29 bits per heavy atom. The van der Waals surface area contributed by atoms with E-state index in [0.29, 0.717) is 13.2 Å². The molecule has 1 aliphatic heterocycles. The fraction of sp³-hybridized carbons (Fsp3) is 0.444. The Labute approximate surface area is 142 Å². The zero-order chi connectivity index (χ0) is 16.9. The molecule has 6 nitrogen and oxygen atoms in total. The van der Waals surface area contributed by atoms with Crippen molar-refractivity contribution < 1.29 is 9.53 Å². The van der Waals surface area contributed by atoms with Crippen LogP contribution in [-0.2, 0) is 17.8 Å². The van der Waals surface area contributed by atoms with Crippen LogP contribution in [0.2, 0.25) is 0 Å². The molecular formula is C18H24N4O2. The summed E-state index contributed by atoms with van der Waals surface area (Å²) in [6.07, 6.45) is 0.724. The molecule has 6 heteroatoms. The summed E-state index contributed by atoms with van der Waals surface area (Å²) in [5, 5.41) is 10.2. The predicted molar refractivity (Wildman–Crippen MR) is 91.8 cm³/mol. The van der Waals surface area contributed by atoms with Crippen molar-refractivity contribution in [2.24, 2.45) is 0 Å². The minimum Gasteiger partial charge on any atom is -0.492 e. The van der Waals surface area contributed by atoms with Crippen molar-refractivity contribution in [3.8, 4) is 5.75 Å². The molecule has 0 bridgehead atoms. The molecule has 0 saturated heterocycles. The minimum absolute atomic E-state index is 0.0362. The highest BCUT2D eigenvalue weighted by Crippen LogP contribution is 2.22. The molecule has 24 heavy (non-hydrogen) atoms. The number of nitrogens with zero attached hydrogens (tertiary/aromatic N) is 2. The highest BCUT2D eigenvalue weighted by atomic mass is 16.5. The molecule has 1 aromatic heterocycles. The number of carbonyl (C=O) groups excluding carboxylic acids is 1. The van der Waals surface area contributed by atoms with Gasteiger partial charge in [-0.3, -0.25) is 14.8 Å². The first-order valence-corrected chi connectivity index (χ1v) is 8.33. The van der Waals surface area contributed by atoms with Gasteiger partial charge in [-0.05, 0) is 26.0 Å². The third kappa shape index (κ3) is 4.35. The molecule has 1 aliphatic rings. The summed E-state index contributed by atoms with van der Waals surface area (Å²) in [4.78, 5) is 14.4. The van der Waals surface area contributed by atoms with Gasteiger partial charge in [-0.25, -0.2) is 0 Å². The van der Waals surface area contributed by atoms with Crippen LogP contribution in [0.3, 0.4) is 0 Å². The molecule has 2 aromatic rings. The first kappa shape index (κ1) is 16.5. The summed E-state index contributed by atoms with van der Waals surface area (Å²) in [5.41, 5.74) is 3.13. The zero-order valence-electron chi connectivity index (χ0n) is 14.2. The molecule has 1 amide bonds. The van der Waals surface area contributed by atoms with Crippen LogP contribution in [0.15, 0.2) is 30.3 Å². The third-order valence-electron chi connectivity index (χ3n) is 4.08. The first-order valence-electron chi connectivity index (χ1n) is 8.33. The summed E-state index contributed by atoms with van der Waals surface area (Å²) in [6, 6.07) is 10.1. The molecule has 0 radical (unpaired) electrons. The van der Waals surface area contributed by atoms with E-state index < -0.39 is 0 Å². The van der Waals surface area contributed by atoms with Crippen molar-refractivity contribution in [3.63, 3.8) is 0 Å². The van der Waals surface area contributed by atoms with Crippen LogP contribution in [0.4, 0.5) is 0 Å². The van der Waals surface area contributed by atoms with Gasteiger partial charge < -0.3 is 10.1 Å². The van der Waals surface area contributed by atoms with E-state index in [1.807, 2.05) is 44.2 Å². The van der Waals surface area contributed by atoms with Crippen LogP contribution >= 0.6 is 0 Å². The summed E-state index contributed by atoms with van der Waals surface area (Å²) < 4.78 is 5.74. The van der Waals surface area contributed by atoms with E-state index in [1.165, 1.54) is 0 Å². The quantitative estimate of drug-likeness (QED) is 0.876. The first-order chi connectivity index (χ1) is 11.6. The second-order valence-electron chi connectivity index (χ2n) is 6.38. The number of ether oxygens (including phenoxy) is 1. The number of nitrogens with one attached hydrogen (secondary N) is 2. The molecule has 2 heterocycles. The SMILES string of the molecule is Cc1cc(C[C@H](C)NC(=O)CN2CCOc3ccccc3C2)n[nH]1. The van der Waals surface area contributed by atoms with Crippen molar-refractivity contribution >= 4 is 5.91 Å². The Kier molecular flexibility index (Phi) is 5.15. The van der Waals surface area contributed by atoms with E-state index >= 15 is 0 Å². The lowest BCUT2D eigenvalue weighted by atomic mass is 10.1. The van der Waals surface area contributed by atoms with Crippen molar-refractivity contribution in [1.82, 2.24) is 20.4 Å². The van der Waals surface area contributed by atoms with Gasteiger partial charge in [0.2, 0.25) is 5.91 Å². The van der Waals surface area contributed by atoms with Gasteiger partial charge in [-0.15, -0.1) is 0 Å². The topological polar surface area (TPSA) is 70.2 Å². The average Bonchev–Trinajstić information content (AvgIpc) is 2.82.